The Labute approximate surface area is 200 Å². The lowest BCUT2D eigenvalue weighted by molar-refractivity contribution is -0.116. The zero-order valence-corrected chi connectivity index (χ0v) is 19.7. The number of nitrogens with zero attached hydrogens (tertiary/aromatic N) is 2. The number of hydrogen-bond donors (Lipinski definition) is 1. The third kappa shape index (κ3) is 4.42. The number of anilines is 1. The summed E-state index contributed by atoms with van der Waals surface area (Å²) in [6, 6.07) is 16.2. The maximum absolute atomic E-state index is 13.1. The van der Waals surface area contributed by atoms with Crippen LogP contribution in [0.15, 0.2) is 54.6 Å². The van der Waals surface area contributed by atoms with Crippen LogP contribution in [0.1, 0.15) is 0 Å². The SMILES string of the molecule is COc1cc(NC(=O)Cn2c(-c3cccc(Cl)c3Cl)nc3ccccc32)cc(OC)c1OC. The van der Waals surface area contributed by atoms with Crippen molar-refractivity contribution >= 4 is 45.8 Å². The average Bonchev–Trinajstić information content (AvgIpc) is 3.18. The number of amides is 1. The van der Waals surface area contributed by atoms with Gasteiger partial charge in [-0.25, -0.2) is 4.98 Å². The van der Waals surface area contributed by atoms with E-state index < -0.39 is 0 Å². The van der Waals surface area contributed by atoms with Gasteiger partial charge in [0.25, 0.3) is 0 Å². The number of rotatable bonds is 7. The summed E-state index contributed by atoms with van der Waals surface area (Å²) in [5, 5.41) is 3.68. The van der Waals surface area contributed by atoms with Gasteiger partial charge in [0.1, 0.15) is 12.4 Å². The van der Waals surface area contributed by atoms with E-state index in [0.29, 0.717) is 44.4 Å². The van der Waals surface area contributed by atoms with Crippen LogP contribution in [-0.2, 0) is 11.3 Å². The molecule has 0 fully saturated rings. The molecule has 0 radical (unpaired) electrons. The first-order valence-electron chi connectivity index (χ1n) is 9.96. The zero-order valence-electron chi connectivity index (χ0n) is 18.2. The Balaban J connectivity index is 1.71. The van der Waals surface area contributed by atoms with Gasteiger partial charge in [0.05, 0.1) is 42.4 Å². The van der Waals surface area contributed by atoms with Crippen molar-refractivity contribution in [2.24, 2.45) is 0 Å². The van der Waals surface area contributed by atoms with Crippen molar-refractivity contribution < 1.29 is 19.0 Å². The number of fused-ring (bicyclic) bond motifs is 1. The van der Waals surface area contributed by atoms with Crippen molar-refractivity contribution in [3.63, 3.8) is 0 Å². The lowest BCUT2D eigenvalue weighted by Gasteiger charge is -2.15. The monoisotopic (exact) mass is 485 g/mol. The molecule has 33 heavy (non-hydrogen) atoms. The smallest absolute Gasteiger partial charge is 0.244 e. The van der Waals surface area contributed by atoms with Gasteiger partial charge in [-0.3, -0.25) is 4.79 Å². The molecule has 0 bridgehead atoms. The molecule has 3 aromatic carbocycles. The standard InChI is InChI=1S/C24H21Cl2N3O4/c1-31-19-11-14(12-20(32-2)23(19)33-3)27-21(30)13-29-18-10-5-4-9-17(18)28-24(29)15-7-6-8-16(25)22(15)26/h4-12H,13H2,1-3H3,(H,27,30). The van der Waals surface area contributed by atoms with Gasteiger partial charge < -0.3 is 24.1 Å². The number of halogens is 2. The molecule has 0 atom stereocenters. The Kier molecular flexibility index (Phi) is 6.62. The number of carbonyl (C=O) groups is 1. The summed E-state index contributed by atoms with van der Waals surface area (Å²) in [6.07, 6.45) is 0. The molecular formula is C24H21Cl2N3O4. The van der Waals surface area contributed by atoms with Gasteiger partial charge in [-0.1, -0.05) is 41.4 Å². The maximum Gasteiger partial charge on any atom is 0.244 e. The normalized spacial score (nSPS) is 10.8. The second-order valence-corrected chi connectivity index (χ2v) is 7.86. The minimum absolute atomic E-state index is 0.00461. The summed E-state index contributed by atoms with van der Waals surface area (Å²) in [6.45, 7) is -0.00461. The first-order valence-corrected chi connectivity index (χ1v) is 10.7. The largest absolute Gasteiger partial charge is 0.493 e. The Morgan fingerprint density at radius 2 is 1.67 bits per heavy atom. The molecule has 0 aliphatic heterocycles. The minimum Gasteiger partial charge on any atom is -0.493 e. The molecule has 1 N–H and O–H groups in total. The number of aromatic nitrogens is 2. The molecule has 9 heteroatoms. The highest BCUT2D eigenvalue weighted by atomic mass is 35.5. The van der Waals surface area contributed by atoms with Crippen molar-refractivity contribution in [2.45, 2.75) is 6.54 Å². The number of nitrogens with one attached hydrogen (secondary N) is 1. The van der Waals surface area contributed by atoms with Crippen LogP contribution in [0.2, 0.25) is 10.0 Å². The van der Waals surface area contributed by atoms with Gasteiger partial charge >= 0.3 is 0 Å². The number of carbonyl (C=O) groups excluding carboxylic acids is 1. The van der Waals surface area contributed by atoms with Crippen LogP contribution in [0.4, 0.5) is 5.69 Å². The molecule has 4 aromatic rings. The van der Waals surface area contributed by atoms with E-state index in [4.69, 9.17) is 42.4 Å². The van der Waals surface area contributed by atoms with E-state index in [2.05, 4.69) is 5.32 Å². The van der Waals surface area contributed by atoms with Crippen LogP contribution in [0.5, 0.6) is 17.2 Å². The Morgan fingerprint density at radius 3 is 2.33 bits per heavy atom. The fraction of sp³-hybridized carbons (Fsp3) is 0.167. The lowest BCUT2D eigenvalue weighted by Crippen LogP contribution is -2.19. The van der Waals surface area contributed by atoms with Crippen LogP contribution in [0, 0.1) is 0 Å². The zero-order chi connectivity index (χ0) is 23.5. The van der Waals surface area contributed by atoms with E-state index >= 15 is 0 Å². The summed E-state index contributed by atoms with van der Waals surface area (Å²) in [7, 11) is 4.55. The van der Waals surface area contributed by atoms with Gasteiger partial charge in [0.2, 0.25) is 11.7 Å². The molecule has 4 rings (SSSR count). The van der Waals surface area contributed by atoms with Crippen molar-refractivity contribution in [1.82, 2.24) is 9.55 Å². The molecule has 0 saturated carbocycles. The van der Waals surface area contributed by atoms with Crippen LogP contribution in [0.25, 0.3) is 22.4 Å². The fourth-order valence-corrected chi connectivity index (χ4v) is 4.00. The third-order valence-electron chi connectivity index (χ3n) is 5.10. The highest BCUT2D eigenvalue weighted by Gasteiger charge is 2.19. The molecule has 1 heterocycles. The first-order chi connectivity index (χ1) is 16.0. The second kappa shape index (κ2) is 9.60. The average molecular weight is 486 g/mol. The van der Waals surface area contributed by atoms with Gasteiger partial charge in [0.15, 0.2) is 11.5 Å². The fourth-order valence-electron chi connectivity index (χ4n) is 3.62. The van der Waals surface area contributed by atoms with E-state index in [1.54, 1.807) is 28.8 Å². The molecule has 0 aliphatic carbocycles. The van der Waals surface area contributed by atoms with Crippen LogP contribution >= 0.6 is 23.2 Å². The third-order valence-corrected chi connectivity index (χ3v) is 5.92. The summed E-state index contributed by atoms with van der Waals surface area (Å²) >= 11 is 12.7. The van der Waals surface area contributed by atoms with Crippen molar-refractivity contribution in [3.05, 3.63) is 64.6 Å². The summed E-state index contributed by atoms with van der Waals surface area (Å²) in [5.41, 5.74) is 2.68. The predicted molar refractivity (Wildman–Crippen MR) is 130 cm³/mol. The van der Waals surface area contributed by atoms with Crippen molar-refractivity contribution in [2.75, 3.05) is 26.6 Å². The molecule has 0 saturated heterocycles. The van der Waals surface area contributed by atoms with Gasteiger partial charge in [0, 0.05) is 23.4 Å². The molecule has 1 amide bonds. The summed E-state index contributed by atoms with van der Waals surface area (Å²) in [4.78, 5) is 17.8. The molecular weight excluding hydrogens is 465 g/mol. The van der Waals surface area contributed by atoms with Gasteiger partial charge in [-0.05, 0) is 24.3 Å². The topological polar surface area (TPSA) is 74.6 Å². The van der Waals surface area contributed by atoms with Crippen LogP contribution in [-0.4, -0.2) is 36.8 Å². The second-order valence-electron chi connectivity index (χ2n) is 7.07. The number of methoxy groups -OCH3 is 3. The highest BCUT2D eigenvalue weighted by Crippen LogP contribution is 2.40. The number of para-hydroxylation sites is 2. The molecule has 0 unspecified atom stereocenters. The van der Waals surface area contributed by atoms with Crippen LogP contribution < -0.4 is 19.5 Å². The maximum atomic E-state index is 13.1. The molecule has 170 valence electrons. The number of imidazole rings is 1. The Morgan fingerprint density at radius 1 is 0.970 bits per heavy atom. The quantitative estimate of drug-likeness (QED) is 0.364. The molecule has 0 spiro atoms. The number of benzene rings is 3. The number of ether oxygens (including phenoxy) is 3. The summed E-state index contributed by atoms with van der Waals surface area (Å²) < 4.78 is 17.9. The molecule has 1 aromatic heterocycles. The number of hydrogen-bond acceptors (Lipinski definition) is 5. The van der Waals surface area contributed by atoms with E-state index in [0.717, 1.165) is 11.0 Å². The van der Waals surface area contributed by atoms with Gasteiger partial charge in [-0.15, -0.1) is 0 Å². The molecule has 7 nitrogen and oxygen atoms in total. The van der Waals surface area contributed by atoms with E-state index in [1.165, 1.54) is 21.3 Å². The predicted octanol–water partition coefficient (Wildman–Crippen LogP) is 5.67. The molecule has 0 aliphatic rings. The summed E-state index contributed by atoms with van der Waals surface area (Å²) in [5.74, 6) is 1.59. The first kappa shape index (κ1) is 22.8. The van der Waals surface area contributed by atoms with Crippen molar-refractivity contribution in [1.29, 1.82) is 0 Å². The van der Waals surface area contributed by atoms with Crippen molar-refractivity contribution in [3.8, 4) is 28.6 Å². The lowest BCUT2D eigenvalue weighted by atomic mass is 10.2. The van der Waals surface area contributed by atoms with E-state index in [9.17, 15) is 4.79 Å². The van der Waals surface area contributed by atoms with Gasteiger partial charge in [-0.2, -0.15) is 0 Å². The Bertz CT molecular complexity index is 1310. The van der Waals surface area contributed by atoms with E-state index in [1.807, 2.05) is 30.3 Å². The highest BCUT2D eigenvalue weighted by molar-refractivity contribution is 6.43. The Hall–Kier alpha value is -3.42. The van der Waals surface area contributed by atoms with E-state index in [-0.39, 0.29) is 12.5 Å². The minimum atomic E-state index is -0.271. The van der Waals surface area contributed by atoms with Crippen LogP contribution in [0.3, 0.4) is 0 Å².